The largest absolute Gasteiger partial charge is 0.392 e. The monoisotopic (exact) mass is 313 g/mol. The van der Waals surface area contributed by atoms with Gasteiger partial charge in [0.2, 0.25) is 0 Å². The number of hydrogen-bond acceptors (Lipinski definition) is 4. The summed E-state index contributed by atoms with van der Waals surface area (Å²) in [7, 11) is 0. The Hall–Kier alpha value is -0.920. The Labute approximate surface area is 132 Å². The lowest BCUT2D eigenvalue weighted by Gasteiger charge is -2.39. The van der Waals surface area contributed by atoms with Crippen molar-refractivity contribution in [2.45, 2.75) is 25.8 Å². The zero-order valence-corrected chi connectivity index (χ0v) is 13.7. The van der Waals surface area contributed by atoms with Crippen LogP contribution in [0.4, 0.5) is 4.79 Å². The Kier molecular flexibility index (Phi) is 6.20. The number of nitrogens with two attached hydrogens (primary N) is 1. The summed E-state index contributed by atoms with van der Waals surface area (Å²) >= 11 is 5.20. The van der Waals surface area contributed by atoms with Crippen LogP contribution in [-0.4, -0.2) is 84.1 Å². The molecule has 2 heterocycles. The first-order valence-electron chi connectivity index (χ1n) is 7.90. The molecule has 7 heteroatoms. The van der Waals surface area contributed by atoms with Gasteiger partial charge in [-0.15, -0.1) is 0 Å². The number of rotatable bonds is 7. The van der Waals surface area contributed by atoms with Crippen LogP contribution in [0.3, 0.4) is 0 Å². The minimum Gasteiger partial charge on any atom is -0.392 e. The quantitative estimate of drug-likeness (QED) is 0.652. The van der Waals surface area contributed by atoms with Crippen molar-refractivity contribution in [3.63, 3.8) is 0 Å². The number of urea groups is 1. The maximum absolute atomic E-state index is 11.5. The van der Waals surface area contributed by atoms with Gasteiger partial charge in [-0.25, -0.2) is 4.79 Å². The molecule has 2 amide bonds. The minimum absolute atomic E-state index is 0.0742. The Morgan fingerprint density at radius 1 is 1.29 bits per heavy atom. The molecule has 2 fully saturated rings. The van der Waals surface area contributed by atoms with E-state index in [1.807, 2.05) is 4.90 Å². The van der Waals surface area contributed by atoms with Gasteiger partial charge in [0.1, 0.15) is 0 Å². The van der Waals surface area contributed by atoms with Crippen LogP contribution in [-0.2, 0) is 0 Å². The summed E-state index contributed by atoms with van der Waals surface area (Å²) in [6.45, 7) is 9.62. The smallest absolute Gasteiger partial charge is 0.317 e. The number of carbonyl (C=O) groups excluding carboxylic acids is 1. The molecule has 6 nitrogen and oxygen atoms in total. The van der Waals surface area contributed by atoms with Crippen molar-refractivity contribution >= 4 is 23.2 Å². The summed E-state index contributed by atoms with van der Waals surface area (Å²) in [5.74, 6) is 0. The molecule has 21 heavy (non-hydrogen) atoms. The van der Waals surface area contributed by atoms with E-state index in [1.165, 1.54) is 0 Å². The Morgan fingerprint density at radius 3 is 2.52 bits per heavy atom. The molecule has 0 bridgehead atoms. The molecular formula is C14H27N5OS. The molecule has 2 saturated heterocycles. The number of nitrogens with one attached hydrogen (secondary N) is 1. The lowest BCUT2D eigenvalue weighted by molar-refractivity contribution is 0.109. The summed E-state index contributed by atoms with van der Waals surface area (Å²) in [5, 5.41) is 2.84. The highest BCUT2D eigenvalue weighted by molar-refractivity contribution is 7.80. The van der Waals surface area contributed by atoms with E-state index in [0.717, 1.165) is 65.2 Å². The van der Waals surface area contributed by atoms with Gasteiger partial charge in [-0.2, -0.15) is 0 Å². The third kappa shape index (κ3) is 4.52. The van der Waals surface area contributed by atoms with Crippen LogP contribution in [0.2, 0.25) is 0 Å². The molecule has 1 unspecified atom stereocenters. The van der Waals surface area contributed by atoms with Gasteiger partial charge >= 0.3 is 6.03 Å². The number of thiocarbonyl (C=S) groups is 1. The van der Waals surface area contributed by atoms with E-state index in [2.05, 4.69) is 22.0 Å². The molecule has 120 valence electrons. The number of carbonyl (C=O) groups is 1. The van der Waals surface area contributed by atoms with Crippen molar-refractivity contribution < 1.29 is 4.79 Å². The lowest BCUT2D eigenvalue weighted by Crippen LogP contribution is -2.54. The Balaban J connectivity index is 1.72. The van der Waals surface area contributed by atoms with Crippen molar-refractivity contribution in [2.24, 2.45) is 5.73 Å². The van der Waals surface area contributed by atoms with Gasteiger partial charge < -0.3 is 16.0 Å². The van der Waals surface area contributed by atoms with Gasteiger partial charge in [-0.3, -0.25) is 9.80 Å². The van der Waals surface area contributed by atoms with Crippen LogP contribution in [0.1, 0.15) is 19.8 Å². The predicted octanol–water partition coefficient (Wildman–Crippen LogP) is 0.0840. The Bertz CT molecular complexity index is 370. The highest BCUT2D eigenvalue weighted by Gasteiger charge is 2.26. The van der Waals surface area contributed by atoms with E-state index < -0.39 is 0 Å². The van der Waals surface area contributed by atoms with Crippen molar-refractivity contribution in [3.8, 4) is 0 Å². The molecule has 3 N–H and O–H groups in total. The summed E-state index contributed by atoms with van der Waals surface area (Å²) in [5.41, 5.74) is 5.87. The number of hydrogen-bond donors (Lipinski definition) is 2. The maximum atomic E-state index is 11.5. The second-order valence-corrected chi connectivity index (χ2v) is 6.27. The third-order valence-corrected chi connectivity index (χ3v) is 4.64. The predicted molar refractivity (Wildman–Crippen MR) is 88.5 cm³/mol. The molecule has 0 aromatic rings. The third-order valence-electron chi connectivity index (χ3n) is 4.37. The van der Waals surface area contributed by atoms with Gasteiger partial charge in [-0.1, -0.05) is 25.6 Å². The van der Waals surface area contributed by atoms with Crippen LogP contribution in [0.5, 0.6) is 0 Å². The number of amides is 2. The van der Waals surface area contributed by atoms with Gasteiger partial charge in [0, 0.05) is 52.4 Å². The Morgan fingerprint density at radius 2 is 2.00 bits per heavy atom. The first kappa shape index (κ1) is 16.5. The molecule has 0 radical (unpaired) electrons. The van der Waals surface area contributed by atoms with Crippen LogP contribution in [0, 0.1) is 0 Å². The molecule has 1 atom stereocenters. The number of nitrogens with zero attached hydrogens (tertiary/aromatic N) is 3. The first-order chi connectivity index (χ1) is 10.1. The van der Waals surface area contributed by atoms with Crippen LogP contribution in [0.25, 0.3) is 0 Å². The molecule has 2 aliphatic rings. The molecule has 2 aliphatic heterocycles. The molecular weight excluding hydrogens is 286 g/mol. The van der Waals surface area contributed by atoms with E-state index in [9.17, 15) is 4.79 Å². The van der Waals surface area contributed by atoms with Gasteiger partial charge in [0.15, 0.2) is 0 Å². The zero-order valence-electron chi connectivity index (χ0n) is 12.9. The fourth-order valence-corrected chi connectivity index (χ4v) is 3.33. The van der Waals surface area contributed by atoms with Crippen molar-refractivity contribution in [3.05, 3.63) is 0 Å². The lowest BCUT2D eigenvalue weighted by atomic mass is 10.1. The van der Waals surface area contributed by atoms with Gasteiger partial charge in [0.05, 0.1) is 11.0 Å². The zero-order chi connectivity index (χ0) is 15.2. The van der Waals surface area contributed by atoms with E-state index in [0.29, 0.717) is 4.99 Å². The summed E-state index contributed by atoms with van der Waals surface area (Å²) in [6, 6.07) is 0.321. The minimum atomic E-state index is 0.0742. The van der Waals surface area contributed by atoms with E-state index in [1.54, 1.807) is 0 Å². The summed E-state index contributed by atoms with van der Waals surface area (Å²) < 4.78 is 0. The van der Waals surface area contributed by atoms with Crippen LogP contribution < -0.4 is 11.1 Å². The molecule has 2 rings (SSSR count). The molecule has 0 saturated carbocycles. The standard InChI is InChI=1S/C14H27N5OS/c1-2-3-12(13(15)21)18-9-6-17(7-10-18)8-11-19-5-4-16-14(19)20/h12H,2-11H2,1H3,(H2,15,21)(H,16,20). The average molecular weight is 313 g/mol. The van der Waals surface area contributed by atoms with Gasteiger partial charge in [-0.05, 0) is 6.42 Å². The van der Waals surface area contributed by atoms with E-state index in [4.69, 9.17) is 18.0 Å². The van der Waals surface area contributed by atoms with E-state index in [-0.39, 0.29) is 12.1 Å². The average Bonchev–Trinajstić information content (AvgIpc) is 2.88. The molecule has 0 aromatic heterocycles. The highest BCUT2D eigenvalue weighted by atomic mass is 32.1. The second-order valence-electron chi connectivity index (χ2n) is 5.80. The number of piperazine rings is 1. The van der Waals surface area contributed by atoms with Crippen molar-refractivity contribution in [1.82, 2.24) is 20.0 Å². The first-order valence-corrected chi connectivity index (χ1v) is 8.31. The van der Waals surface area contributed by atoms with Crippen LogP contribution in [0.15, 0.2) is 0 Å². The molecule has 0 spiro atoms. The maximum Gasteiger partial charge on any atom is 0.317 e. The van der Waals surface area contributed by atoms with Crippen molar-refractivity contribution in [1.29, 1.82) is 0 Å². The highest BCUT2D eigenvalue weighted by Crippen LogP contribution is 2.12. The molecule has 0 aromatic carbocycles. The normalized spacial score (nSPS) is 22.3. The van der Waals surface area contributed by atoms with Crippen LogP contribution >= 0.6 is 12.2 Å². The van der Waals surface area contributed by atoms with Crippen molar-refractivity contribution in [2.75, 3.05) is 52.4 Å². The van der Waals surface area contributed by atoms with Gasteiger partial charge in [0.25, 0.3) is 0 Å². The SMILES string of the molecule is CCCC(C(N)=S)N1CCN(CCN2CCNC2=O)CC1. The summed E-state index contributed by atoms with van der Waals surface area (Å²) in [4.78, 5) is 18.8. The fourth-order valence-electron chi connectivity index (χ4n) is 3.06. The second kappa shape index (κ2) is 7.91. The fraction of sp³-hybridized carbons (Fsp3) is 0.857. The molecule has 0 aliphatic carbocycles. The topological polar surface area (TPSA) is 64.8 Å². The summed E-state index contributed by atoms with van der Waals surface area (Å²) in [6.07, 6.45) is 2.15. The van der Waals surface area contributed by atoms with E-state index >= 15 is 0 Å².